The van der Waals surface area contributed by atoms with E-state index in [2.05, 4.69) is 5.43 Å². The summed E-state index contributed by atoms with van der Waals surface area (Å²) in [6.07, 6.45) is 0. The van der Waals surface area contributed by atoms with Crippen LogP contribution in [0.15, 0.2) is 30.3 Å². The van der Waals surface area contributed by atoms with E-state index in [0.29, 0.717) is 5.69 Å². The Morgan fingerprint density at radius 2 is 1.72 bits per heavy atom. The van der Waals surface area contributed by atoms with Crippen molar-refractivity contribution in [1.82, 2.24) is 4.68 Å². The van der Waals surface area contributed by atoms with Crippen molar-refractivity contribution in [3.8, 4) is 0 Å². The molecule has 0 fully saturated rings. The molecule has 0 aliphatic carbocycles. The van der Waals surface area contributed by atoms with Crippen LogP contribution in [0.4, 0.5) is 11.4 Å². The molecule has 0 unspecified atom stereocenters. The number of para-hydroxylation sites is 1. The topological polar surface area (TPSA) is 60.1 Å². The van der Waals surface area contributed by atoms with Gasteiger partial charge in [-0.05, 0) is 38.5 Å². The molecule has 1 aromatic carbocycles. The SMILES string of the molecule is Cc1cccc([N+](=O)[O-])c1Nn1c(C)ccc1C. The number of nitrogens with one attached hydrogen (secondary N) is 1. The summed E-state index contributed by atoms with van der Waals surface area (Å²) >= 11 is 0. The smallest absolute Gasteiger partial charge is 0.288 e. The molecule has 2 rings (SSSR count). The van der Waals surface area contributed by atoms with Crippen molar-refractivity contribution < 1.29 is 4.92 Å². The van der Waals surface area contributed by atoms with Crippen molar-refractivity contribution >= 4 is 11.4 Å². The third-order valence-corrected chi connectivity index (χ3v) is 2.94. The van der Waals surface area contributed by atoms with Crippen LogP contribution in [0.2, 0.25) is 0 Å². The molecule has 0 saturated heterocycles. The highest BCUT2D eigenvalue weighted by Gasteiger charge is 2.16. The zero-order valence-corrected chi connectivity index (χ0v) is 10.6. The number of anilines is 1. The second-order valence-electron chi connectivity index (χ2n) is 4.29. The molecule has 5 heteroatoms. The number of rotatable bonds is 3. The fraction of sp³-hybridized carbons (Fsp3) is 0.231. The van der Waals surface area contributed by atoms with Crippen molar-refractivity contribution in [2.24, 2.45) is 0 Å². The van der Waals surface area contributed by atoms with Gasteiger partial charge in [0.1, 0.15) is 5.69 Å². The quantitative estimate of drug-likeness (QED) is 0.667. The number of nitrogens with zero attached hydrogens (tertiary/aromatic N) is 2. The van der Waals surface area contributed by atoms with Crippen molar-refractivity contribution in [3.63, 3.8) is 0 Å². The Kier molecular flexibility index (Phi) is 3.06. The van der Waals surface area contributed by atoms with Gasteiger partial charge in [0.25, 0.3) is 5.69 Å². The van der Waals surface area contributed by atoms with Gasteiger partial charge in [-0.3, -0.25) is 20.2 Å². The van der Waals surface area contributed by atoms with E-state index in [1.807, 2.05) is 43.6 Å². The molecule has 94 valence electrons. The van der Waals surface area contributed by atoms with Crippen LogP contribution in [0.1, 0.15) is 17.0 Å². The van der Waals surface area contributed by atoms with Gasteiger partial charge >= 0.3 is 0 Å². The van der Waals surface area contributed by atoms with Crippen molar-refractivity contribution in [3.05, 3.63) is 57.4 Å². The average molecular weight is 245 g/mol. The minimum absolute atomic E-state index is 0.0856. The summed E-state index contributed by atoms with van der Waals surface area (Å²) in [5.74, 6) is 0. The van der Waals surface area contributed by atoms with Gasteiger partial charge in [0.2, 0.25) is 0 Å². The summed E-state index contributed by atoms with van der Waals surface area (Å²) < 4.78 is 1.84. The maximum atomic E-state index is 11.0. The van der Waals surface area contributed by atoms with Crippen molar-refractivity contribution in [1.29, 1.82) is 0 Å². The molecule has 0 spiro atoms. The first kappa shape index (κ1) is 12.2. The molecule has 1 heterocycles. The number of nitro benzene ring substituents is 1. The molecule has 1 aromatic heterocycles. The Morgan fingerprint density at radius 1 is 1.11 bits per heavy atom. The Balaban J connectivity index is 2.49. The lowest BCUT2D eigenvalue weighted by Crippen LogP contribution is -2.14. The first-order chi connectivity index (χ1) is 8.50. The number of nitro groups is 1. The number of aryl methyl sites for hydroxylation is 3. The lowest BCUT2D eigenvalue weighted by atomic mass is 10.2. The molecule has 0 amide bonds. The van der Waals surface area contributed by atoms with Gasteiger partial charge in [-0.2, -0.15) is 0 Å². The van der Waals surface area contributed by atoms with Gasteiger partial charge in [-0.1, -0.05) is 12.1 Å². The zero-order chi connectivity index (χ0) is 13.3. The molecular weight excluding hydrogens is 230 g/mol. The van der Waals surface area contributed by atoms with Gasteiger partial charge in [0.15, 0.2) is 0 Å². The van der Waals surface area contributed by atoms with E-state index < -0.39 is 0 Å². The maximum Gasteiger partial charge on any atom is 0.294 e. The lowest BCUT2D eigenvalue weighted by molar-refractivity contribution is -0.384. The fourth-order valence-corrected chi connectivity index (χ4v) is 1.91. The summed E-state index contributed by atoms with van der Waals surface area (Å²) in [7, 11) is 0. The van der Waals surface area contributed by atoms with Crippen LogP contribution in [0.3, 0.4) is 0 Å². The predicted molar refractivity (Wildman–Crippen MR) is 70.8 cm³/mol. The van der Waals surface area contributed by atoms with Gasteiger partial charge in [-0.15, -0.1) is 0 Å². The molecule has 0 aliphatic heterocycles. The molecule has 0 radical (unpaired) electrons. The molecule has 0 bridgehead atoms. The Labute approximate surface area is 105 Å². The summed E-state index contributed by atoms with van der Waals surface area (Å²) in [5.41, 5.74) is 6.59. The molecule has 0 atom stereocenters. The Hall–Kier alpha value is -2.30. The van der Waals surface area contributed by atoms with Crippen LogP contribution < -0.4 is 5.43 Å². The largest absolute Gasteiger partial charge is 0.294 e. The fourth-order valence-electron chi connectivity index (χ4n) is 1.91. The van der Waals surface area contributed by atoms with E-state index in [1.54, 1.807) is 6.07 Å². The number of benzene rings is 1. The van der Waals surface area contributed by atoms with Crippen LogP contribution in [0, 0.1) is 30.9 Å². The van der Waals surface area contributed by atoms with E-state index in [-0.39, 0.29) is 10.6 Å². The molecular formula is C13H15N3O2. The highest BCUT2D eigenvalue weighted by atomic mass is 16.6. The monoisotopic (exact) mass is 245 g/mol. The number of hydrogen-bond acceptors (Lipinski definition) is 3. The van der Waals surface area contributed by atoms with Crippen molar-refractivity contribution in [2.45, 2.75) is 20.8 Å². The third kappa shape index (κ3) is 2.07. The summed E-state index contributed by atoms with van der Waals surface area (Å²) in [4.78, 5) is 10.7. The van der Waals surface area contributed by atoms with E-state index in [0.717, 1.165) is 17.0 Å². The second-order valence-corrected chi connectivity index (χ2v) is 4.29. The summed E-state index contributed by atoms with van der Waals surface area (Å²) in [6.45, 7) is 5.75. The molecule has 1 N–H and O–H groups in total. The van der Waals surface area contributed by atoms with Gasteiger partial charge in [0.05, 0.1) is 4.92 Å². The zero-order valence-electron chi connectivity index (χ0n) is 10.6. The summed E-state index contributed by atoms with van der Waals surface area (Å²) in [6, 6.07) is 8.97. The highest BCUT2D eigenvalue weighted by Crippen LogP contribution is 2.28. The van der Waals surface area contributed by atoms with Crippen LogP contribution in [-0.4, -0.2) is 9.60 Å². The minimum atomic E-state index is -0.372. The van der Waals surface area contributed by atoms with Crippen LogP contribution >= 0.6 is 0 Å². The molecule has 0 saturated carbocycles. The first-order valence-electron chi connectivity index (χ1n) is 5.66. The lowest BCUT2D eigenvalue weighted by Gasteiger charge is -2.14. The van der Waals surface area contributed by atoms with Crippen molar-refractivity contribution in [2.75, 3.05) is 5.43 Å². The van der Waals surface area contributed by atoms with Crippen LogP contribution in [0.25, 0.3) is 0 Å². The number of aromatic nitrogens is 1. The Morgan fingerprint density at radius 3 is 2.28 bits per heavy atom. The summed E-state index contributed by atoms with van der Waals surface area (Å²) in [5, 5.41) is 11.0. The van der Waals surface area contributed by atoms with Gasteiger partial charge < -0.3 is 0 Å². The standard InChI is InChI=1S/C13H15N3O2/c1-9-5-4-6-12(16(17)18)13(9)14-15-10(2)7-8-11(15)3/h4-8,14H,1-3H3. The predicted octanol–water partition coefficient (Wildman–Crippen LogP) is 3.20. The highest BCUT2D eigenvalue weighted by molar-refractivity contribution is 5.66. The Bertz CT molecular complexity index is 583. The van der Waals surface area contributed by atoms with E-state index in [1.165, 1.54) is 6.07 Å². The number of hydrogen-bond donors (Lipinski definition) is 1. The molecule has 0 aliphatic rings. The van der Waals surface area contributed by atoms with Gasteiger partial charge in [0, 0.05) is 17.5 Å². The molecule has 5 nitrogen and oxygen atoms in total. The third-order valence-electron chi connectivity index (χ3n) is 2.94. The van der Waals surface area contributed by atoms with Crippen LogP contribution in [-0.2, 0) is 0 Å². The minimum Gasteiger partial charge on any atom is -0.288 e. The first-order valence-corrected chi connectivity index (χ1v) is 5.66. The molecule has 18 heavy (non-hydrogen) atoms. The molecule has 2 aromatic rings. The second kappa shape index (κ2) is 4.52. The average Bonchev–Trinajstić information content (AvgIpc) is 2.62. The van der Waals surface area contributed by atoms with E-state index in [9.17, 15) is 10.1 Å². The van der Waals surface area contributed by atoms with Gasteiger partial charge in [-0.25, -0.2) is 0 Å². The van der Waals surface area contributed by atoms with E-state index in [4.69, 9.17) is 0 Å². The maximum absolute atomic E-state index is 11.0. The van der Waals surface area contributed by atoms with E-state index >= 15 is 0 Å². The van der Waals surface area contributed by atoms with Crippen LogP contribution in [0.5, 0.6) is 0 Å². The normalized spacial score (nSPS) is 10.4.